The summed E-state index contributed by atoms with van der Waals surface area (Å²) < 4.78 is 16.9. The monoisotopic (exact) mass is 1010 g/mol. The molecular weight excluding hydrogens is 889 g/mol. The van der Waals surface area contributed by atoms with E-state index < -0.39 is 6.10 Å². The lowest BCUT2D eigenvalue weighted by molar-refractivity contribution is -0.167. The second-order valence-electron chi connectivity index (χ2n) is 22.0. The van der Waals surface area contributed by atoms with Crippen molar-refractivity contribution in [2.24, 2.45) is 0 Å². The van der Waals surface area contributed by atoms with Crippen LogP contribution < -0.4 is 0 Å². The number of carbonyl (C=O) groups is 3. The standard InChI is InChI=1S/C66H124O6/c1-4-7-10-13-16-19-22-25-27-29-30-31-32-33-34-35-36-37-39-41-44-47-50-53-56-59-65(68)71-62-63(61-70-64(67)58-55-52-49-46-43-40-24-21-18-15-12-9-6-3)72-66(69)60-57-54-51-48-45-42-38-28-26-23-20-17-14-11-8-5-2/h28-30,38,63H,4-27,31-37,39-62H2,1-3H3/b30-29-,38-28-. The quantitative estimate of drug-likeness (QED) is 0.0261. The lowest BCUT2D eigenvalue weighted by Crippen LogP contribution is -2.30. The average Bonchev–Trinajstić information content (AvgIpc) is 3.38. The second kappa shape index (κ2) is 61.4. The molecule has 0 N–H and O–H groups in total. The highest BCUT2D eigenvalue weighted by Gasteiger charge is 2.19. The van der Waals surface area contributed by atoms with Crippen LogP contribution in [0.5, 0.6) is 0 Å². The van der Waals surface area contributed by atoms with E-state index in [4.69, 9.17) is 14.2 Å². The van der Waals surface area contributed by atoms with Crippen LogP contribution in [0.3, 0.4) is 0 Å². The lowest BCUT2D eigenvalue weighted by Gasteiger charge is -2.18. The van der Waals surface area contributed by atoms with Crippen LogP contribution in [0.4, 0.5) is 0 Å². The average molecular weight is 1010 g/mol. The Bertz CT molecular complexity index is 1160. The number of unbranched alkanes of at least 4 members (excludes halogenated alkanes) is 45. The van der Waals surface area contributed by atoms with E-state index in [0.29, 0.717) is 19.3 Å². The molecule has 0 heterocycles. The highest BCUT2D eigenvalue weighted by Crippen LogP contribution is 2.17. The van der Waals surface area contributed by atoms with Crippen LogP contribution in [0.2, 0.25) is 0 Å². The number of allylic oxidation sites excluding steroid dienone is 4. The van der Waals surface area contributed by atoms with E-state index in [9.17, 15) is 14.4 Å². The van der Waals surface area contributed by atoms with Crippen LogP contribution in [0.1, 0.15) is 361 Å². The van der Waals surface area contributed by atoms with Crippen molar-refractivity contribution >= 4 is 17.9 Å². The van der Waals surface area contributed by atoms with E-state index in [1.165, 1.54) is 257 Å². The second-order valence-corrected chi connectivity index (χ2v) is 22.0. The molecule has 1 atom stereocenters. The molecule has 0 radical (unpaired) electrons. The summed E-state index contributed by atoms with van der Waals surface area (Å²) in [5.41, 5.74) is 0. The fourth-order valence-electron chi connectivity index (χ4n) is 9.79. The maximum Gasteiger partial charge on any atom is 0.306 e. The molecule has 72 heavy (non-hydrogen) atoms. The third kappa shape index (κ3) is 58.8. The molecule has 0 aliphatic carbocycles. The Labute approximate surface area is 449 Å². The fraction of sp³-hybridized carbons (Fsp3) is 0.894. The summed E-state index contributed by atoms with van der Waals surface area (Å²) in [5, 5.41) is 0. The topological polar surface area (TPSA) is 78.9 Å². The van der Waals surface area contributed by atoms with Gasteiger partial charge < -0.3 is 14.2 Å². The van der Waals surface area contributed by atoms with Gasteiger partial charge in [0.1, 0.15) is 13.2 Å². The molecule has 0 bridgehead atoms. The van der Waals surface area contributed by atoms with E-state index in [-0.39, 0.29) is 31.1 Å². The van der Waals surface area contributed by atoms with E-state index in [1.54, 1.807) is 0 Å². The van der Waals surface area contributed by atoms with Gasteiger partial charge in [0.25, 0.3) is 0 Å². The third-order valence-corrected chi connectivity index (χ3v) is 14.7. The minimum absolute atomic E-state index is 0.0693. The number of ether oxygens (including phenoxy) is 3. The summed E-state index contributed by atoms with van der Waals surface area (Å²) in [6, 6.07) is 0. The van der Waals surface area contributed by atoms with Gasteiger partial charge >= 0.3 is 17.9 Å². The number of rotatable bonds is 60. The molecule has 0 aliphatic rings. The van der Waals surface area contributed by atoms with Crippen molar-refractivity contribution in [2.75, 3.05) is 13.2 Å². The van der Waals surface area contributed by atoms with Crippen LogP contribution in [-0.2, 0) is 28.6 Å². The fourth-order valence-corrected chi connectivity index (χ4v) is 9.79. The maximum absolute atomic E-state index is 12.9. The largest absolute Gasteiger partial charge is 0.462 e. The molecule has 0 aromatic rings. The van der Waals surface area contributed by atoms with Crippen LogP contribution >= 0.6 is 0 Å². The van der Waals surface area contributed by atoms with Gasteiger partial charge in [-0.15, -0.1) is 0 Å². The molecule has 0 amide bonds. The zero-order chi connectivity index (χ0) is 52.2. The van der Waals surface area contributed by atoms with Gasteiger partial charge in [0.05, 0.1) is 0 Å². The number of esters is 3. The van der Waals surface area contributed by atoms with Crippen molar-refractivity contribution in [3.05, 3.63) is 24.3 Å². The Morgan fingerprint density at radius 1 is 0.264 bits per heavy atom. The van der Waals surface area contributed by atoms with Gasteiger partial charge in [0, 0.05) is 19.3 Å². The normalized spacial score (nSPS) is 12.1. The number of carbonyl (C=O) groups excluding carboxylic acids is 3. The van der Waals surface area contributed by atoms with Crippen molar-refractivity contribution in [3.8, 4) is 0 Å². The Morgan fingerprint density at radius 3 is 0.694 bits per heavy atom. The molecule has 0 rings (SSSR count). The first-order valence-electron chi connectivity index (χ1n) is 32.3. The van der Waals surface area contributed by atoms with Gasteiger partial charge in [-0.2, -0.15) is 0 Å². The first-order chi connectivity index (χ1) is 35.5. The maximum atomic E-state index is 12.9. The third-order valence-electron chi connectivity index (χ3n) is 14.7. The van der Waals surface area contributed by atoms with Gasteiger partial charge in [0.15, 0.2) is 6.10 Å². The molecule has 0 aromatic heterocycles. The molecule has 1 unspecified atom stereocenters. The van der Waals surface area contributed by atoms with Gasteiger partial charge in [0.2, 0.25) is 0 Å². The Balaban J connectivity index is 4.23. The Morgan fingerprint density at radius 2 is 0.458 bits per heavy atom. The van der Waals surface area contributed by atoms with Crippen molar-refractivity contribution in [3.63, 3.8) is 0 Å². The van der Waals surface area contributed by atoms with Crippen LogP contribution in [0.25, 0.3) is 0 Å². The molecule has 0 aromatic carbocycles. The SMILES string of the molecule is CCCCCCCCC/C=C\CCCCCCCC(=O)OC(COC(=O)CCCCCCCCCCCCCCC)COC(=O)CCCCCCCCCCCCCCC/C=C\CCCCCCCCCC. The minimum atomic E-state index is -0.772. The molecule has 6 nitrogen and oxygen atoms in total. The summed E-state index contributed by atoms with van der Waals surface area (Å²) >= 11 is 0. The smallest absolute Gasteiger partial charge is 0.306 e. The molecule has 424 valence electrons. The van der Waals surface area contributed by atoms with Crippen LogP contribution in [0.15, 0.2) is 24.3 Å². The summed E-state index contributed by atoms with van der Waals surface area (Å²) in [5.74, 6) is -0.853. The zero-order valence-corrected chi connectivity index (χ0v) is 48.7. The summed E-state index contributed by atoms with van der Waals surface area (Å²) in [7, 11) is 0. The minimum Gasteiger partial charge on any atom is -0.462 e. The summed E-state index contributed by atoms with van der Waals surface area (Å²) in [6.07, 6.45) is 73.3. The van der Waals surface area contributed by atoms with E-state index in [1.807, 2.05) is 0 Å². The summed E-state index contributed by atoms with van der Waals surface area (Å²) in [6.45, 7) is 6.69. The van der Waals surface area contributed by atoms with Gasteiger partial charge in [-0.25, -0.2) is 0 Å². The van der Waals surface area contributed by atoms with Crippen LogP contribution in [0, 0.1) is 0 Å². The summed E-state index contributed by atoms with van der Waals surface area (Å²) in [4.78, 5) is 38.3. The van der Waals surface area contributed by atoms with Crippen molar-refractivity contribution in [2.45, 2.75) is 367 Å². The van der Waals surface area contributed by atoms with E-state index in [2.05, 4.69) is 45.1 Å². The van der Waals surface area contributed by atoms with Gasteiger partial charge in [-0.1, -0.05) is 295 Å². The lowest BCUT2D eigenvalue weighted by atomic mass is 10.0. The number of hydrogen-bond acceptors (Lipinski definition) is 6. The molecule has 0 spiro atoms. The van der Waals surface area contributed by atoms with Crippen molar-refractivity contribution < 1.29 is 28.6 Å². The Hall–Kier alpha value is -2.11. The predicted molar refractivity (Wildman–Crippen MR) is 312 cm³/mol. The highest BCUT2D eigenvalue weighted by atomic mass is 16.6. The van der Waals surface area contributed by atoms with Crippen LogP contribution in [-0.4, -0.2) is 37.2 Å². The molecule has 0 fully saturated rings. The highest BCUT2D eigenvalue weighted by molar-refractivity contribution is 5.71. The molecular formula is C66H124O6. The first-order valence-corrected chi connectivity index (χ1v) is 32.3. The van der Waals surface area contributed by atoms with Gasteiger partial charge in [-0.05, 0) is 70.6 Å². The first kappa shape index (κ1) is 69.9. The molecule has 0 aliphatic heterocycles. The number of hydrogen-bond donors (Lipinski definition) is 0. The Kier molecular flexibility index (Phi) is 59.6. The van der Waals surface area contributed by atoms with E-state index >= 15 is 0 Å². The van der Waals surface area contributed by atoms with Gasteiger partial charge in [-0.3, -0.25) is 14.4 Å². The van der Waals surface area contributed by atoms with Crippen molar-refractivity contribution in [1.29, 1.82) is 0 Å². The zero-order valence-electron chi connectivity index (χ0n) is 48.7. The molecule has 0 saturated heterocycles. The molecule has 0 saturated carbocycles. The van der Waals surface area contributed by atoms with E-state index in [0.717, 1.165) is 64.2 Å². The predicted octanol–water partition coefficient (Wildman–Crippen LogP) is 21.8. The van der Waals surface area contributed by atoms with Crippen molar-refractivity contribution in [1.82, 2.24) is 0 Å². The molecule has 6 heteroatoms.